The summed E-state index contributed by atoms with van der Waals surface area (Å²) in [6, 6.07) is 0. The van der Waals surface area contributed by atoms with Crippen molar-refractivity contribution in [1.29, 1.82) is 0 Å². The van der Waals surface area contributed by atoms with Gasteiger partial charge in [-0.15, -0.1) is 0 Å². The average molecular weight is 205 g/mol. The zero-order chi connectivity index (χ0) is 9.90. The summed E-state index contributed by atoms with van der Waals surface area (Å²) in [5, 5.41) is 3.71. The van der Waals surface area contributed by atoms with Crippen molar-refractivity contribution in [2.24, 2.45) is 0 Å². The van der Waals surface area contributed by atoms with Crippen molar-refractivity contribution in [3.63, 3.8) is 0 Å². The van der Waals surface area contributed by atoms with Gasteiger partial charge in [-0.05, 0) is 0 Å². The maximum absolute atomic E-state index is 11.2. The highest BCUT2D eigenvalue weighted by molar-refractivity contribution is 7.91. The predicted octanol–water partition coefficient (Wildman–Crippen LogP) is -0.753. The summed E-state index contributed by atoms with van der Waals surface area (Å²) >= 11 is 0. The monoisotopic (exact) mass is 205 g/mol. The van der Waals surface area contributed by atoms with Crippen LogP contribution in [0.5, 0.6) is 0 Å². The third kappa shape index (κ3) is 2.96. The van der Waals surface area contributed by atoms with E-state index in [1.54, 1.807) is 11.9 Å². The van der Waals surface area contributed by atoms with Gasteiger partial charge in [0.2, 0.25) is 5.91 Å². The molecule has 0 atom stereocenters. The van der Waals surface area contributed by atoms with Crippen molar-refractivity contribution < 1.29 is 13.2 Å². The number of hydrogen-bond acceptors (Lipinski definition) is 3. The van der Waals surface area contributed by atoms with Crippen LogP contribution in [0.2, 0.25) is 0 Å². The van der Waals surface area contributed by atoms with Crippen molar-refractivity contribution in [3.05, 3.63) is 5.32 Å². The Bertz CT molecular complexity index is 272. The Morgan fingerprint density at radius 3 is 2.38 bits per heavy atom. The molecule has 1 rings (SSSR count). The molecule has 0 N–H and O–H groups in total. The number of sulfone groups is 1. The number of carbonyl (C=O) groups excluding carboxylic acids is 1. The van der Waals surface area contributed by atoms with E-state index in [9.17, 15) is 13.2 Å². The molecule has 0 radical (unpaired) electrons. The normalized spacial score (nSPS) is 21.5. The maximum atomic E-state index is 11.2. The third-order valence-corrected chi connectivity index (χ3v) is 3.60. The lowest BCUT2D eigenvalue weighted by atomic mass is 10.4. The summed E-state index contributed by atoms with van der Waals surface area (Å²) in [7, 11) is -1.32. The summed E-state index contributed by atoms with van der Waals surface area (Å²) in [6.07, 6.45) is 0. The highest BCUT2D eigenvalue weighted by Crippen LogP contribution is 2.04. The molecule has 0 bridgehead atoms. The van der Waals surface area contributed by atoms with E-state index in [0.29, 0.717) is 13.1 Å². The fourth-order valence-electron chi connectivity index (χ4n) is 1.20. The van der Waals surface area contributed by atoms with E-state index < -0.39 is 9.84 Å². The molecule has 0 aromatic heterocycles. The zero-order valence-electron chi connectivity index (χ0n) is 7.56. The van der Waals surface area contributed by atoms with Crippen molar-refractivity contribution in [2.75, 3.05) is 38.2 Å². The third-order valence-electron chi connectivity index (χ3n) is 1.99. The molecule has 1 heterocycles. The van der Waals surface area contributed by atoms with Crippen LogP contribution < -0.4 is 0 Å². The Labute approximate surface area is 78.0 Å². The molecule has 0 saturated carbocycles. The Balaban J connectivity index is 2.45. The standard InChI is InChI=1S/C7H13N2O3S/c1-8-6-7(10)9-2-4-13(11,12)5-3-9/h2-6H2,1H3/q-1. The summed E-state index contributed by atoms with van der Waals surface area (Å²) in [5.41, 5.74) is 0. The maximum Gasteiger partial charge on any atom is 0.201 e. The molecule has 1 saturated heterocycles. The fourth-order valence-corrected chi connectivity index (χ4v) is 2.40. The molecule has 1 aliphatic heterocycles. The van der Waals surface area contributed by atoms with Gasteiger partial charge in [-0.25, -0.2) is 8.42 Å². The molecule has 0 aliphatic carbocycles. The van der Waals surface area contributed by atoms with Gasteiger partial charge >= 0.3 is 0 Å². The molecular weight excluding hydrogens is 192 g/mol. The summed E-state index contributed by atoms with van der Waals surface area (Å²) in [6.45, 7) is 0.785. The SMILES string of the molecule is C[N-]CC(=O)N1CCS(=O)(=O)CC1. The molecular formula is C7H13N2O3S-. The van der Waals surface area contributed by atoms with Gasteiger partial charge in [0.15, 0.2) is 9.84 Å². The van der Waals surface area contributed by atoms with Crippen molar-refractivity contribution in [1.82, 2.24) is 4.90 Å². The minimum absolute atomic E-state index is 0.0857. The van der Waals surface area contributed by atoms with Gasteiger partial charge in [0.05, 0.1) is 11.5 Å². The molecule has 1 fully saturated rings. The quantitative estimate of drug-likeness (QED) is 0.595. The van der Waals surface area contributed by atoms with Gasteiger partial charge in [-0.2, -0.15) is 7.05 Å². The van der Waals surface area contributed by atoms with E-state index in [-0.39, 0.29) is 24.0 Å². The number of likely N-dealkylation sites (N-methyl/N-ethyl adjacent to an activating group) is 1. The van der Waals surface area contributed by atoms with E-state index in [4.69, 9.17) is 0 Å². The van der Waals surface area contributed by atoms with Gasteiger partial charge < -0.3 is 10.2 Å². The number of hydrogen-bond donors (Lipinski definition) is 0. The molecule has 13 heavy (non-hydrogen) atoms. The topological polar surface area (TPSA) is 68.6 Å². The average Bonchev–Trinajstić information content (AvgIpc) is 2.04. The molecule has 1 amide bonds. The van der Waals surface area contributed by atoms with Crippen molar-refractivity contribution >= 4 is 15.7 Å². The lowest BCUT2D eigenvalue weighted by Crippen LogP contribution is -2.44. The second kappa shape index (κ2) is 4.06. The van der Waals surface area contributed by atoms with Crippen LogP contribution >= 0.6 is 0 Å². The van der Waals surface area contributed by atoms with E-state index in [1.165, 1.54) is 0 Å². The Morgan fingerprint density at radius 1 is 1.38 bits per heavy atom. The highest BCUT2D eigenvalue weighted by atomic mass is 32.2. The summed E-state index contributed by atoms with van der Waals surface area (Å²) < 4.78 is 22.0. The van der Waals surface area contributed by atoms with E-state index in [2.05, 4.69) is 5.32 Å². The van der Waals surface area contributed by atoms with Crippen LogP contribution in [-0.4, -0.2) is 57.4 Å². The van der Waals surface area contributed by atoms with Crippen LogP contribution in [0.15, 0.2) is 0 Å². The first-order chi connectivity index (χ1) is 6.05. The number of nitrogens with zero attached hydrogens (tertiary/aromatic N) is 2. The van der Waals surface area contributed by atoms with Crippen LogP contribution in [-0.2, 0) is 14.6 Å². The zero-order valence-corrected chi connectivity index (χ0v) is 8.38. The molecule has 5 nitrogen and oxygen atoms in total. The first-order valence-electron chi connectivity index (χ1n) is 4.09. The molecule has 76 valence electrons. The first kappa shape index (κ1) is 10.5. The molecule has 0 unspecified atom stereocenters. The van der Waals surface area contributed by atoms with E-state index >= 15 is 0 Å². The Kier molecular flexibility index (Phi) is 3.27. The highest BCUT2D eigenvalue weighted by Gasteiger charge is 2.22. The van der Waals surface area contributed by atoms with Crippen LogP contribution in [0.4, 0.5) is 0 Å². The number of rotatable bonds is 2. The van der Waals surface area contributed by atoms with Gasteiger partial charge in [0, 0.05) is 13.1 Å². The van der Waals surface area contributed by atoms with Gasteiger partial charge in [-0.1, -0.05) is 6.54 Å². The van der Waals surface area contributed by atoms with Crippen molar-refractivity contribution in [3.8, 4) is 0 Å². The summed E-state index contributed by atoms with van der Waals surface area (Å²) in [4.78, 5) is 12.8. The molecule has 1 aliphatic rings. The van der Waals surface area contributed by atoms with Crippen LogP contribution in [0.1, 0.15) is 0 Å². The first-order valence-corrected chi connectivity index (χ1v) is 5.91. The van der Waals surface area contributed by atoms with E-state index in [1.807, 2.05) is 0 Å². The van der Waals surface area contributed by atoms with Gasteiger partial charge in [0.1, 0.15) is 0 Å². The second-order valence-electron chi connectivity index (χ2n) is 3.01. The second-order valence-corrected chi connectivity index (χ2v) is 5.31. The van der Waals surface area contributed by atoms with E-state index in [0.717, 1.165) is 0 Å². The number of amides is 1. The fraction of sp³-hybridized carbons (Fsp3) is 0.857. The molecule has 0 aromatic rings. The summed E-state index contributed by atoms with van der Waals surface area (Å²) in [5.74, 6) is 0.0858. The predicted molar refractivity (Wildman–Crippen MR) is 49.4 cm³/mol. The van der Waals surface area contributed by atoms with Gasteiger partial charge in [-0.3, -0.25) is 4.79 Å². The molecule has 0 aromatic carbocycles. The van der Waals surface area contributed by atoms with Gasteiger partial charge in [0.25, 0.3) is 0 Å². The minimum Gasteiger partial charge on any atom is -0.657 e. The largest absolute Gasteiger partial charge is 0.657 e. The Morgan fingerprint density at radius 2 is 1.92 bits per heavy atom. The Hall–Kier alpha value is -0.620. The molecule has 6 heteroatoms. The van der Waals surface area contributed by atoms with Crippen LogP contribution in [0, 0.1) is 0 Å². The minimum atomic E-state index is -2.89. The molecule has 0 spiro atoms. The lowest BCUT2D eigenvalue weighted by molar-refractivity contribution is -0.128. The van der Waals surface area contributed by atoms with Crippen LogP contribution in [0.25, 0.3) is 5.32 Å². The van der Waals surface area contributed by atoms with Crippen molar-refractivity contribution in [2.45, 2.75) is 0 Å². The lowest BCUT2D eigenvalue weighted by Gasteiger charge is -2.28. The number of carbonyl (C=O) groups is 1. The van der Waals surface area contributed by atoms with Crippen LogP contribution in [0.3, 0.4) is 0 Å². The smallest absolute Gasteiger partial charge is 0.201 e.